The first-order valence-corrected chi connectivity index (χ1v) is 7.58. The lowest BCUT2D eigenvalue weighted by Gasteiger charge is -2.35. The average molecular weight is 315 g/mol. The molecule has 21 heavy (non-hydrogen) atoms. The van der Waals surface area contributed by atoms with E-state index >= 15 is 0 Å². The van der Waals surface area contributed by atoms with Crippen LogP contribution in [-0.4, -0.2) is 57.8 Å². The molecule has 6 heteroatoms. The number of aliphatic hydroxyl groups is 1. The Bertz CT molecular complexity index is 445. The summed E-state index contributed by atoms with van der Waals surface area (Å²) < 4.78 is 10.5. The van der Waals surface area contributed by atoms with Gasteiger partial charge in [0.05, 0.1) is 25.9 Å². The molecular weight excluding hydrogens is 292 g/mol. The third-order valence-electron chi connectivity index (χ3n) is 3.52. The number of rotatable bonds is 7. The third kappa shape index (κ3) is 4.83. The summed E-state index contributed by atoms with van der Waals surface area (Å²) >= 11 is 6.12. The van der Waals surface area contributed by atoms with E-state index in [1.807, 2.05) is 18.2 Å². The molecule has 0 bridgehead atoms. The van der Waals surface area contributed by atoms with Crippen LogP contribution in [0.1, 0.15) is 5.56 Å². The van der Waals surface area contributed by atoms with E-state index < -0.39 is 0 Å². The van der Waals surface area contributed by atoms with Crippen LogP contribution in [0.3, 0.4) is 0 Å². The van der Waals surface area contributed by atoms with Gasteiger partial charge in [-0.25, -0.2) is 0 Å². The van der Waals surface area contributed by atoms with Crippen molar-refractivity contribution in [2.24, 2.45) is 0 Å². The molecule has 5 nitrogen and oxygen atoms in total. The molecule has 0 aliphatic carbocycles. The summed E-state index contributed by atoms with van der Waals surface area (Å²) in [6.45, 7) is 4.41. The molecule has 0 spiro atoms. The highest BCUT2D eigenvalue weighted by Gasteiger charge is 2.21. The SMILES string of the molecule is COCCNCc1cc(Cl)ccc1N1CCOC(CO)C1. The number of ether oxygens (including phenoxy) is 2. The molecule has 1 aromatic carbocycles. The lowest BCUT2D eigenvalue weighted by atomic mass is 10.1. The number of nitrogens with zero attached hydrogens (tertiary/aromatic N) is 1. The Morgan fingerprint density at radius 1 is 1.52 bits per heavy atom. The van der Waals surface area contributed by atoms with Gasteiger partial charge < -0.3 is 24.8 Å². The van der Waals surface area contributed by atoms with Gasteiger partial charge in [-0.15, -0.1) is 0 Å². The van der Waals surface area contributed by atoms with Gasteiger partial charge >= 0.3 is 0 Å². The summed E-state index contributed by atoms with van der Waals surface area (Å²) in [5.41, 5.74) is 2.29. The van der Waals surface area contributed by atoms with E-state index in [0.717, 1.165) is 35.9 Å². The van der Waals surface area contributed by atoms with Crippen molar-refractivity contribution < 1.29 is 14.6 Å². The van der Waals surface area contributed by atoms with Crippen molar-refractivity contribution in [2.45, 2.75) is 12.6 Å². The van der Waals surface area contributed by atoms with Crippen molar-refractivity contribution in [1.29, 1.82) is 0 Å². The van der Waals surface area contributed by atoms with E-state index in [1.54, 1.807) is 7.11 Å². The van der Waals surface area contributed by atoms with Crippen molar-refractivity contribution in [1.82, 2.24) is 5.32 Å². The largest absolute Gasteiger partial charge is 0.394 e. The summed E-state index contributed by atoms with van der Waals surface area (Å²) in [6.07, 6.45) is -0.122. The molecule has 1 fully saturated rings. The first-order chi connectivity index (χ1) is 10.2. The minimum Gasteiger partial charge on any atom is -0.394 e. The van der Waals surface area contributed by atoms with Gasteiger partial charge in [0.15, 0.2) is 0 Å². The molecule has 1 aliphatic rings. The van der Waals surface area contributed by atoms with E-state index in [-0.39, 0.29) is 12.7 Å². The number of benzene rings is 1. The van der Waals surface area contributed by atoms with E-state index in [2.05, 4.69) is 10.2 Å². The number of aliphatic hydroxyl groups excluding tert-OH is 1. The van der Waals surface area contributed by atoms with Gasteiger partial charge in [0.2, 0.25) is 0 Å². The molecule has 1 saturated heterocycles. The molecule has 2 rings (SSSR count). The van der Waals surface area contributed by atoms with E-state index in [9.17, 15) is 5.11 Å². The maximum Gasteiger partial charge on any atom is 0.0980 e. The quantitative estimate of drug-likeness (QED) is 0.743. The monoisotopic (exact) mass is 314 g/mol. The molecule has 1 heterocycles. The minimum absolute atomic E-state index is 0.0471. The Hall–Kier alpha value is -0.850. The maximum atomic E-state index is 9.27. The van der Waals surface area contributed by atoms with Gasteiger partial charge in [0.1, 0.15) is 0 Å². The molecule has 0 aromatic heterocycles. The van der Waals surface area contributed by atoms with Gasteiger partial charge in [-0.3, -0.25) is 0 Å². The number of nitrogens with one attached hydrogen (secondary N) is 1. The van der Waals surface area contributed by atoms with Crippen molar-refractivity contribution >= 4 is 17.3 Å². The van der Waals surface area contributed by atoms with Crippen molar-refractivity contribution in [3.63, 3.8) is 0 Å². The molecule has 2 N–H and O–H groups in total. The molecule has 0 saturated carbocycles. The van der Waals surface area contributed by atoms with Gasteiger partial charge in [-0.1, -0.05) is 11.6 Å². The zero-order valence-corrected chi connectivity index (χ0v) is 13.1. The zero-order chi connectivity index (χ0) is 15.1. The van der Waals surface area contributed by atoms with Crippen molar-refractivity contribution in [2.75, 3.05) is 51.5 Å². The van der Waals surface area contributed by atoms with Gasteiger partial charge in [-0.2, -0.15) is 0 Å². The average Bonchev–Trinajstić information content (AvgIpc) is 2.52. The lowest BCUT2D eigenvalue weighted by molar-refractivity contribution is 0.00352. The number of anilines is 1. The van der Waals surface area contributed by atoms with Crippen LogP contribution in [0.4, 0.5) is 5.69 Å². The van der Waals surface area contributed by atoms with Gasteiger partial charge in [-0.05, 0) is 23.8 Å². The number of hydrogen-bond acceptors (Lipinski definition) is 5. The van der Waals surface area contributed by atoms with Crippen LogP contribution >= 0.6 is 11.6 Å². The van der Waals surface area contributed by atoms with Crippen molar-refractivity contribution in [3.8, 4) is 0 Å². The maximum absolute atomic E-state index is 9.27. The molecular formula is C15H23ClN2O3. The number of methoxy groups -OCH3 is 1. The molecule has 118 valence electrons. The second-order valence-electron chi connectivity index (χ2n) is 5.06. The summed E-state index contributed by atoms with van der Waals surface area (Å²) in [5.74, 6) is 0. The summed E-state index contributed by atoms with van der Waals surface area (Å²) in [4.78, 5) is 2.24. The number of halogens is 1. The zero-order valence-electron chi connectivity index (χ0n) is 12.3. The smallest absolute Gasteiger partial charge is 0.0980 e. The molecule has 0 amide bonds. The van der Waals surface area contributed by atoms with E-state index in [0.29, 0.717) is 19.8 Å². The molecule has 1 aliphatic heterocycles. The summed E-state index contributed by atoms with van der Waals surface area (Å²) in [5, 5.41) is 13.3. The van der Waals surface area contributed by atoms with Crippen LogP contribution in [0.25, 0.3) is 0 Å². The van der Waals surface area contributed by atoms with Gasteiger partial charge in [0.25, 0.3) is 0 Å². The highest BCUT2D eigenvalue weighted by Crippen LogP contribution is 2.26. The Labute approximate surface area is 130 Å². The minimum atomic E-state index is -0.122. The molecule has 0 radical (unpaired) electrons. The highest BCUT2D eigenvalue weighted by molar-refractivity contribution is 6.30. The first-order valence-electron chi connectivity index (χ1n) is 7.20. The van der Waals surface area contributed by atoms with Crippen LogP contribution in [0, 0.1) is 0 Å². The number of hydrogen-bond donors (Lipinski definition) is 2. The Morgan fingerprint density at radius 3 is 3.14 bits per heavy atom. The van der Waals surface area contributed by atoms with Crippen LogP contribution in [0.15, 0.2) is 18.2 Å². The van der Waals surface area contributed by atoms with Crippen LogP contribution in [0.5, 0.6) is 0 Å². The molecule has 1 aromatic rings. The van der Waals surface area contributed by atoms with Crippen LogP contribution < -0.4 is 10.2 Å². The number of morpholine rings is 1. The second kappa shape index (κ2) is 8.56. The predicted octanol–water partition coefficient (Wildman–Crippen LogP) is 1.27. The molecule has 1 unspecified atom stereocenters. The van der Waals surface area contributed by atoms with E-state index in [1.165, 1.54) is 0 Å². The van der Waals surface area contributed by atoms with Crippen LogP contribution in [0.2, 0.25) is 5.02 Å². The fourth-order valence-electron chi connectivity index (χ4n) is 2.45. The van der Waals surface area contributed by atoms with Crippen LogP contribution in [-0.2, 0) is 16.0 Å². The Kier molecular flexibility index (Phi) is 6.73. The van der Waals surface area contributed by atoms with E-state index in [4.69, 9.17) is 21.1 Å². The normalized spacial score (nSPS) is 19.0. The first kappa shape index (κ1) is 16.5. The fraction of sp³-hybridized carbons (Fsp3) is 0.600. The Morgan fingerprint density at radius 2 is 2.38 bits per heavy atom. The molecule has 1 atom stereocenters. The Balaban J connectivity index is 2.06. The predicted molar refractivity (Wildman–Crippen MR) is 84.1 cm³/mol. The highest BCUT2D eigenvalue weighted by atomic mass is 35.5. The van der Waals surface area contributed by atoms with Gasteiger partial charge in [0, 0.05) is 44.0 Å². The van der Waals surface area contributed by atoms with Crippen molar-refractivity contribution in [3.05, 3.63) is 28.8 Å². The fourth-order valence-corrected chi connectivity index (χ4v) is 2.64. The second-order valence-corrected chi connectivity index (χ2v) is 5.50. The summed E-state index contributed by atoms with van der Waals surface area (Å²) in [6, 6.07) is 5.93. The summed E-state index contributed by atoms with van der Waals surface area (Å²) in [7, 11) is 1.69. The standard InChI is InChI=1S/C15H23ClN2O3/c1-20-6-4-17-9-12-8-13(16)2-3-15(12)18-5-7-21-14(10-18)11-19/h2-3,8,14,17,19H,4-7,9-11H2,1H3. The third-order valence-corrected chi connectivity index (χ3v) is 3.76. The topological polar surface area (TPSA) is 54.0 Å². The lowest BCUT2D eigenvalue weighted by Crippen LogP contribution is -2.44.